The maximum absolute atomic E-state index is 8.98. The van der Waals surface area contributed by atoms with Gasteiger partial charge in [-0.2, -0.15) is 0 Å². The summed E-state index contributed by atoms with van der Waals surface area (Å²) in [6.45, 7) is 0. The Morgan fingerprint density at radius 3 is 2.09 bits per heavy atom. The van der Waals surface area contributed by atoms with Crippen LogP contribution in [0.1, 0.15) is 23.6 Å². The lowest BCUT2D eigenvalue weighted by molar-refractivity contribution is 0.783. The number of aromatic nitrogens is 3. The molecule has 0 saturated heterocycles. The highest BCUT2D eigenvalue weighted by Crippen LogP contribution is 2.61. The van der Waals surface area contributed by atoms with Gasteiger partial charge in [-0.1, -0.05) is 103 Å². The summed E-state index contributed by atoms with van der Waals surface area (Å²) in [6, 6.07) is 44.1. The predicted molar refractivity (Wildman–Crippen MR) is 178 cm³/mol. The third kappa shape index (κ3) is 2.47. The minimum absolute atomic E-state index is 0.267. The SMILES string of the molecule is [2H]c1nc(-n2c3cccc4c3c3c5c(cccc5ccc32)C42c3ccccc3-c3ccccc32)nc2c1sc1ccccc12. The van der Waals surface area contributed by atoms with Crippen molar-refractivity contribution >= 4 is 64.2 Å². The van der Waals surface area contributed by atoms with E-state index in [1.165, 1.54) is 54.9 Å². The van der Waals surface area contributed by atoms with Crippen LogP contribution in [-0.2, 0) is 5.41 Å². The molecule has 4 heteroatoms. The molecule has 43 heavy (non-hydrogen) atoms. The Labute approximate surface area is 251 Å². The van der Waals surface area contributed by atoms with Crippen molar-refractivity contribution in [2.75, 3.05) is 0 Å². The molecule has 0 N–H and O–H groups in total. The fourth-order valence-electron chi connectivity index (χ4n) is 8.27. The van der Waals surface area contributed by atoms with Crippen molar-refractivity contribution in [3.05, 3.63) is 150 Å². The van der Waals surface area contributed by atoms with E-state index in [4.69, 9.17) is 11.3 Å². The molecular weight excluding hydrogens is 543 g/mol. The zero-order chi connectivity index (χ0) is 28.7. The first-order chi connectivity index (χ1) is 21.7. The number of benzene rings is 6. The van der Waals surface area contributed by atoms with Gasteiger partial charge in [-0.3, -0.25) is 4.57 Å². The molecule has 3 nitrogen and oxygen atoms in total. The van der Waals surface area contributed by atoms with Gasteiger partial charge >= 0.3 is 0 Å². The summed E-state index contributed by atoms with van der Waals surface area (Å²) in [7, 11) is 0. The van der Waals surface area contributed by atoms with Gasteiger partial charge in [-0.25, -0.2) is 9.97 Å². The maximum atomic E-state index is 8.98. The molecule has 3 heterocycles. The molecule has 6 aromatic carbocycles. The molecule has 2 aliphatic carbocycles. The normalized spacial score (nSPS) is 14.6. The Hall–Kier alpha value is -5.32. The molecule has 0 atom stereocenters. The van der Waals surface area contributed by atoms with Crippen molar-refractivity contribution in [2.24, 2.45) is 0 Å². The van der Waals surface area contributed by atoms with Crippen molar-refractivity contribution < 1.29 is 1.37 Å². The number of nitrogens with zero attached hydrogens (tertiary/aromatic N) is 3. The lowest BCUT2D eigenvalue weighted by Crippen LogP contribution is -2.30. The second-order valence-corrected chi connectivity index (χ2v) is 12.7. The smallest absolute Gasteiger partial charge is 0.235 e. The average molecular weight is 565 g/mol. The molecule has 11 rings (SSSR count). The Bertz CT molecular complexity index is 2710. The number of hydrogen-bond acceptors (Lipinski definition) is 3. The molecule has 3 aromatic heterocycles. The largest absolute Gasteiger partial charge is 0.278 e. The molecule has 0 unspecified atom stereocenters. The Morgan fingerprint density at radius 1 is 0.581 bits per heavy atom. The first-order valence-electron chi connectivity index (χ1n) is 15.1. The van der Waals surface area contributed by atoms with Crippen LogP contribution in [0.3, 0.4) is 0 Å². The summed E-state index contributed by atoms with van der Waals surface area (Å²) in [5, 5.41) is 6.06. The van der Waals surface area contributed by atoms with Crippen LogP contribution in [0.2, 0.25) is 0 Å². The standard InChI is InChI=1S/C39H21N3S/c1-4-13-26-23(10-1)24-11-2-5-14-27(24)39(26)28-15-7-9-22-19-20-31-36(34(22)28)35-29(39)16-8-17-30(35)42(31)38-40-21-33-37(41-38)25-12-3-6-18-32(25)43-33/h1-21H/i21D. The Morgan fingerprint density at radius 2 is 1.26 bits per heavy atom. The molecular formula is C39H21N3S. The van der Waals surface area contributed by atoms with Crippen molar-refractivity contribution in [1.82, 2.24) is 14.5 Å². The van der Waals surface area contributed by atoms with Crippen molar-refractivity contribution in [3.63, 3.8) is 0 Å². The molecule has 0 bridgehead atoms. The van der Waals surface area contributed by atoms with Crippen LogP contribution in [-0.4, -0.2) is 14.5 Å². The Balaban J connectivity index is 1.36. The van der Waals surface area contributed by atoms with Gasteiger partial charge in [-0.05, 0) is 62.4 Å². The van der Waals surface area contributed by atoms with Crippen LogP contribution in [0.4, 0.5) is 0 Å². The van der Waals surface area contributed by atoms with Gasteiger partial charge in [0.1, 0.15) is 0 Å². The monoisotopic (exact) mass is 564 g/mol. The van der Waals surface area contributed by atoms with Crippen LogP contribution in [0.5, 0.6) is 0 Å². The van der Waals surface area contributed by atoms with E-state index < -0.39 is 5.41 Å². The van der Waals surface area contributed by atoms with Crippen LogP contribution < -0.4 is 0 Å². The summed E-state index contributed by atoms with van der Waals surface area (Å²) < 4.78 is 13.1. The van der Waals surface area contributed by atoms with Gasteiger partial charge in [0.2, 0.25) is 5.95 Å². The van der Waals surface area contributed by atoms with Gasteiger partial charge in [-0.15, -0.1) is 11.3 Å². The van der Waals surface area contributed by atoms with Gasteiger partial charge < -0.3 is 0 Å². The highest BCUT2D eigenvalue weighted by atomic mass is 32.1. The Kier molecular flexibility index (Phi) is 3.75. The number of hydrogen-bond donors (Lipinski definition) is 0. The molecule has 0 aliphatic heterocycles. The molecule has 2 aliphatic rings. The molecule has 198 valence electrons. The number of fused-ring (bicyclic) bond motifs is 10. The summed E-state index contributed by atoms with van der Waals surface area (Å²) in [4.78, 5) is 10.1. The average Bonchev–Trinajstić information content (AvgIpc) is 3.71. The number of rotatable bonds is 1. The van der Waals surface area contributed by atoms with E-state index in [0.717, 1.165) is 31.3 Å². The van der Waals surface area contributed by atoms with Crippen LogP contribution in [0, 0.1) is 0 Å². The lowest BCUT2D eigenvalue weighted by atomic mass is 9.63. The minimum atomic E-state index is -0.450. The van der Waals surface area contributed by atoms with E-state index in [2.05, 4.69) is 114 Å². The summed E-state index contributed by atoms with van der Waals surface area (Å²) >= 11 is 1.59. The summed E-state index contributed by atoms with van der Waals surface area (Å²) in [6.07, 6.45) is 0.267. The zero-order valence-corrected chi connectivity index (χ0v) is 23.6. The highest BCUT2D eigenvalue weighted by Gasteiger charge is 2.49. The third-order valence-electron chi connectivity index (χ3n) is 9.80. The van der Waals surface area contributed by atoms with E-state index >= 15 is 0 Å². The van der Waals surface area contributed by atoms with E-state index in [9.17, 15) is 0 Å². The second-order valence-electron chi connectivity index (χ2n) is 11.7. The van der Waals surface area contributed by atoms with Gasteiger partial charge in [0.25, 0.3) is 0 Å². The fourth-order valence-corrected chi connectivity index (χ4v) is 9.26. The van der Waals surface area contributed by atoms with Gasteiger partial charge in [0.15, 0.2) is 0 Å². The van der Waals surface area contributed by atoms with Crippen molar-refractivity contribution in [2.45, 2.75) is 5.41 Å². The summed E-state index contributed by atoms with van der Waals surface area (Å²) in [5.41, 5.74) is 10.4. The second kappa shape index (κ2) is 7.54. The van der Waals surface area contributed by atoms with Gasteiger partial charge in [0.05, 0.1) is 34.2 Å². The lowest BCUT2D eigenvalue weighted by Gasteiger charge is -2.37. The first kappa shape index (κ1) is 21.4. The molecule has 0 fully saturated rings. The van der Waals surface area contributed by atoms with E-state index in [1.807, 2.05) is 12.1 Å². The summed E-state index contributed by atoms with van der Waals surface area (Å²) in [5.74, 6) is 0.545. The highest BCUT2D eigenvalue weighted by molar-refractivity contribution is 7.25. The van der Waals surface area contributed by atoms with Crippen molar-refractivity contribution in [1.29, 1.82) is 0 Å². The third-order valence-corrected chi connectivity index (χ3v) is 10.9. The molecule has 0 saturated carbocycles. The number of thiophene rings is 1. The van der Waals surface area contributed by atoms with Crippen LogP contribution in [0.15, 0.2) is 128 Å². The fraction of sp³-hybridized carbons (Fsp3) is 0.0256. The zero-order valence-electron chi connectivity index (χ0n) is 23.8. The quantitative estimate of drug-likeness (QED) is 0.199. The van der Waals surface area contributed by atoms with Gasteiger partial charge in [0, 0.05) is 20.9 Å². The van der Waals surface area contributed by atoms with E-state index in [-0.39, 0.29) is 6.17 Å². The van der Waals surface area contributed by atoms with Crippen LogP contribution >= 0.6 is 11.3 Å². The molecule has 9 aromatic rings. The maximum Gasteiger partial charge on any atom is 0.235 e. The molecule has 1 spiro atoms. The topological polar surface area (TPSA) is 30.7 Å². The predicted octanol–water partition coefficient (Wildman–Crippen LogP) is 9.77. The van der Waals surface area contributed by atoms with Crippen LogP contribution in [0.25, 0.3) is 70.0 Å². The minimum Gasteiger partial charge on any atom is -0.278 e. The molecule has 0 amide bonds. The van der Waals surface area contributed by atoms with E-state index in [0.29, 0.717) is 5.95 Å². The van der Waals surface area contributed by atoms with E-state index in [1.54, 1.807) is 11.3 Å². The first-order valence-corrected chi connectivity index (χ1v) is 15.4. The van der Waals surface area contributed by atoms with Crippen molar-refractivity contribution in [3.8, 4) is 17.1 Å². The molecule has 0 radical (unpaired) electrons.